The first-order valence-corrected chi connectivity index (χ1v) is 35.4. The molecule has 0 radical (unpaired) electrons. The second kappa shape index (κ2) is 98.9. The molecule has 2 rings (SSSR count). The molecule has 0 aliphatic carbocycles. The number of allylic oxidation sites excluding steroid dienone is 2. The Balaban J connectivity index is -0.000000319. The molecule has 0 aliphatic heterocycles. The molecule has 122 heavy (non-hydrogen) atoms. The lowest BCUT2D eigenvalue weighted by molar-refractivity contribution is 0.515. The predicted molar refractivity (Wildman–Crippen MR) is 424 cm³/mol. The van der Waals surface area contributed by atoms with Crippen LogP contribution in [0, 0.1) is 0 Å². The van der Waals surface area contributed by atoms with Gasteiger partial charge in [-0.3, -0.25) is 0 Å². The molecule has 0 heterocycles. The van der Waals surface area contributed by atoms with Gasteiger partial charge in [-0.15, -0.1) is 13.2 Å². The van der Waals surface area contributed by atoms with E-state index in [1.807, 2.05) is 24.3 Å². The summed E-state index contributed by atoms with van der Waals surface area (Å²) in [5.41, 5.74) is 4.38. The first kappa shape index (κ1) is 117. The fourth-order valence-corrected chi connectivity index (χ4v) is 8.54. The Bertz CT molecular complexity index is 4480. The van der Waals surface area contributed by atoms with Crippen molar-refractivity contribution >= 4 is 151 Å². The van der Waals surface area contributed by atoms with Crippen LogP contribution in [-0.4, -0.2) is 248 Å². The number of unbranched alkanes of at least 4 members (excludes halogenated alkanes) is 4. The maximum atomic E-state index is 10.7. The smallest absolute Gasteiger partial charge is 0.211 e. The fraction of sp³-hybridized carbons (Fsp3) is 0.487. The van der Waals surface area contributed by atoms with E-state index < -0.39 is 24.7 Å². The largest absolute Gasteiger partial charge is 0.240 e. The van der Waals surface area contributed by atoms with Gasteiger partial charge in [-0.2, -0.15) is 49.9 Å². The molecule has 0 saturated carbocycles. The van der Waals surface area contributed by atoms with Crippen molar-refractivity contribution in [1.29, 1.82) is 0 Å². The average molecular weight is 1680 g/mol. The second-order valence-electron chi connectivity index (χ2n) is 21.9. The van der Waals surface area contributed by atoms with Crippen LogP contribution in [0.4, 0.5) is 11.4 Å². The maximum absolute atomic E-state index is 10.7. The van der Waals surface area contributed by atoms with Crippen molar-refractivity contribution in [2.24, 2.45) is 115 Å². The van der Waals surface area contributed by atoms with Gasteiger partial charge in [0.05, 0.1) is 94.9 Å². The molecule has 0 aromatic heterocycles. The van der Waals surface area contributed by atoms with Crippen molar-refractivity contribution in [2.45, 2.75) is 171 Å². The standard InChI is InChI=1S/C20H16N2O2.C10H13N3O3.3C9H11N3O3.C8H9N3O3.C6H5N3O3.C5H3N3O3/c1-3-5-15-7-9-19(21-13-23)17(11-15)18-12-16(6-4-2)8-10-20(18)22-14-24;14-7-11-5-1-3-10(13-9-16)4-2-6-12-8-15;13-6-10-4-1-2-9(12-8-15)3-5-11-7-14;13-6-10-4-2-1-3-9(12-8-15)5-11-7-14;13-6-10-5-3-1-2-4-9(11-7-14)12-8-15;12-5-9-4-2-1-3-8(10-6-13)11-7-14;10-3-7-2-1-6(8-4-11)9-5-12;9-2-6-1-5(7-3-10)8-4-11/h3-4,7-12H,1-2,5-6H2;10H,1-6H2;3*9H,1-5H2;8H,1-4H2;6H,1-2H2;5H,1H2. The van der Waals surface area contributed by atoms with Gasteiger partial charge in [0.25, 0.3) is 0 Å². The van der Waals surface area contributed by atoms with E-state index in [-0.39, 0.29) is 50.7 Å². The third-order valence-corrected chi connectivity index (χ3v) is 13.8. The van der Waals surface area contributed by atoms with Gasteiger partial charge in [0.1, 0.15) is 0 Å². The zero-order chi connectivity index (χ0) is 91.9. The summed E-state index contributed by atoms with van der Waals surface area (Å²) in [6, 6.07) is 10.4. The summed E-state index contributed by atoms with van der Waals surface area (Å²) < 4.78 is 0. The number of aliphatic imine (C=N–C) groups is 23. The summed E-state index contributed by atoms with van der Waals surface area (Å²) in [6.45, 7) is 10.2. The number of carbonyl (C=O) groups excluding carboxylic acids is 23. The lowest BCUT2D eigenvalue weighted by Gasteiger charge is -2.11. The van der Waals surface area contributed by atoms with Crippen molar-refractivity contribution in [1.82, 2.24) is 0 Å². The van der Waals surface area contributed by atoms with Crippen molar-refractivity contribution in [3.8, 4) is 11.1 Å². The van der Waals surface area contributed by atoms with Gasteiger partial charge >= 0.3 is 0 Å². The molecule has 636 valence electrons. The Morgan fingerprint density at radius 2 is 0.492 bits per heavy atom. The minimum Gasteiger partial charge on any atom is -0.211 e. The van der Waals surface area contributed by atoms with Crippen LogP contribution in [0.25, 0.3) is 11.1 Å². The molecule has 0 spiro atoms. The first-order valence-electron chi connectivity index (χ1n) is 35.4. The summed E-state index contributed by atoms with van der Waals surface area (Å²) in [4.78, 5) is 304. The highest BCUT2D eigenvalue weighted by Crippen LogP contribution is 2.38. The van der Waals surface area contributed by atoms with Crippen molar-refractivity contribution in [3.63, 3.8) is 0 Å². The Labute approximate surface area is 694 Å². The average Bonchev–Trinajstić information content (AvgIpc) is 0.801. The SMILES string of the molecule is C=CCc1ccc(N=C=O)c(-c2cc(CC=C)ccc2N=C=O)c1.O=C=NCC(N=C=O)N=C=O.O=C=NCCC(N=C=O)N=C=O.O=C=NCCCC(CCCN=C=O)N=C=O.O=C=NCCCC(CCN=C=O)N=C=O.O=C=NCCCCC(CN=C=O)N=C=O.O=C=NCCCCC(N=C=O)N=C=O.O=C=NCCCCCC(N=C=O)N=C=O. The molecule has 0 fully saturated rings. The summed E-state index contributed by atoms with van der Waals surface area (Å²) in [5.74, 6) is 0. The molecule has 0 N–H and O–H groups in total. The molecule has 2 aromatic rings. The van der Waals surface area contributed by atoms with Gasteiger partial charge in [0, 0.05) is 17.5 Å². The van der Waals surface area contributed by atoms with Crippen LogP contribution in [-0.2, 0) is 123 Å². The fourth-order valence-electron chi connectivity index (χ4n) is 8.54. The van der Waals surface area contributed by atoms with Gasteiger partial charge in [0.15, 0.2) is 24.7 Å². The van der Waals surface area contributed by atoms with Crippen molar-refractivity contribution < 1.29 is 110 Å². The Kier molecular flexibility index (Phi) is 94.4. The Morgan fingerprint density at radius 1 is 0.230 bits per heavy atom. The monoisotopic (exact) mass is 1680 g/mol. The summed E-state index contributed by atoms with van der Waals surface area (Å²) in [5, 5.41) is 0. The first-order chi connectivity index (χ1) is 59.6. The molecule has 46 heteroatoms. The Morgan fingerprint density at radius 3 is 0.820 bits per heavy atom. The predicted octanol–water partition coefficient (Wildman–Crippen LogP) is 7.13. The lowest BCUT2D eigenvalue weighted by atomic mass is 9.96. The highest BCUT2D eigenvalue weighted by atomic mass is 16.2. The molecule has 2 atom stereocenters. The number of hydrogen-bond acceptors (Lipinski definition) is 46. The highest BCUT2D eigenvalue weighted by Gasteiger charge is 2.14. The molecule has 2 aromatic carbocycles. The molecule has 2 unspecified atom stereocenters. The lowest BCUT2D eigenvalue weighted by Crippen LogP contribution is -2.08. The quantitative estimate of drug-likeness (QED) is 0.0275. The van der Waals surface area contributed by atoms with E-state index in [0.29, 0.717) is 158 Å². The van der Waals surface area contributed by atoms with E-state index in [0.717, 1.165) is 36.8 Å². The summed E-state index contributed by atoms with van der Waals surface area (Å²) in [7, 11) is 0. The van der Waals surface area contributed by atoms with Gasteiger partial charge in [-0.05, 0) is 151 Å². The molecular weight excluding hydrogens is 1600 g/mol. The van der Waals surface area contributed by atoms with E-state index in [1.165, 1.54) is 128 Å². The van der Waals surface area contributed by atoms with Crippen LogP contribution in [0.2, 0.25) is 0 Å². The number of rotatable bonds is 56. The summed E-state index contributed by atoms with van der Waals surface area (Å²) in [6.07, 6.45) is 44.6. The second-order valence-corrected chi connectivity index (χ2v) is 21.9. The minimum atomic E-state index is -0.994. The van der Waals surface area contributed by atoms with Gasteiger partial charge in [0.2, 0.25) is 140 Å². The zero-order valence-corrected chi connectivity index (χ0v) is 65.5. The van der Waals surface area contributed by atoms with Crippen LogP contribution < -0.4 is 0 Å². The van der Waals surface area contributed by atoms with Crippen LogP contribution in [0.15, 0.2) is 177 Å². The molecule has 0 amide bonds. The van der Waals surface area contributed by atoms with E-state index >= 15 is 0 Å². The van der Waals surface area contributed by atoms with Gasteiger partial charge in [-0.25, -0.2) is 175 Å². The van der Waals surface area contributed by atoms with E-state index in [2.05, 4.69) is 128 Å². The number of hydrogen-bond donors (Lipinski definition) is 0. The van der Waals surface area contributed by atoms with Crippen LogP contribution in [0.1, 0.15) is 127 Å². The van der Waals surface area contributed by atoms with E-state index in [4.69, 9.17) is 0 Å². The minimum absolute atomic E-state index is 0.116. The van der Waals surface area contributed by atoms with Crippen LogP contribution >= 0.6 is 0 Å². The third kappa shape index (κ3) is 80.3. The van der Waals surface area contributed by atoms with Crippen molar-refractivity contribution in [2.75, 3.05) is 65.4 Å². The van der Waals surface area contributed by atoms with Gasteiger partial charge < -0.3 is 0 Å². The number of isocyanates is 23. The van der Waals surface area contributed by atoms with Crippen LogP contribution in [0.3, 0.4) is 0 Å². The zero-order valence-electron chi connectivity index (χ0n) is 65.5. The number of benzene rings is 2. The highest BCUT2D eigenvalue weighted by molar-refractivity contribution is 5.86. The maximum Gasteiger partial charge on any atom is 0.240 e. The topological polar surface area (TPSA) is 677 Å². The summed E-state index contributed by atoms with van der Waals surface area (Å²) >= 11 is 0. The molecular formula is C76H79N23O23. The van der Waals surface area contributed by atoms with E-state index in [9.17, 15) is 110 Å². The normalized spacial score (nSPS) is 10.1. The van der Waals surface area contributed by atoms with Gasteiger partial charge in [-0.1, -0.05) is 30.7 Å². The molecule has 0 aliphatic rings. The molecule has 0 bridgehead atoms. The number of nitrogens with zero attached hydrogens (tertiary/aromatic N) is 23. The molecule has 0 saturated heterocycles. The van der Waals surface area contributed by atoms with E-state index in [1.54, 1.807) is 36.4 Å². The molecule has 46 nitrogen and oxygen atoms in total. The van der Waals surface area contributed by atoms with Crippen molar-refractivity contribution in [3.05, 3.63) is 72.8 Å². The third-order valence-electron chi connectivity index (χ3n) is 13.8. The van der Waals surface area contributed by atoms with Crippen LogP contribution in [0.5, 0.6) is 0 Å². The Hall–Kier alpha value is -16.3.